The zero-order valence-corrected chi connectivity index (χ0v) is 17.1. The van der Waals surface area contributed by atoms with Crippen molar-refractivity contribution in [3.05, 3.63) is 119 Å². The predicted octanol–water partition coefficient (Wildman–Crippen LogP) is 7.82. The van der Waals surface area contributed by atoms with Crippen LogP contribution in [0.2, 0.25) is 0 Å². The van der Waals surface area contributed by atoms with Gasteiger partial charge in [-0.2, -0.15) is 0 Å². The summed E-state index contributed by atoms with van der Waals surface area (Å²) in [5.41, 5.74) is 14.4. The summed E-state index contributed by atoms with van der Waals surface area (Å²) in [6.45, 7) is 0. The fourth-order valence-corrected chi connectivity index (χ4v) is 5.19. The predicted molar refractivity (Wildman–Crippen MR) is 127 cm³/mol. The van der Waals surface area contributed by atoms with E-state index >= 15 is 0 Å². The molecule has 0 nitrogen and oxygen atoms in total. The van der Waals surface area contributed by atoms with E-state index < -0.39 is 0 Å². The Kier molecular flexibility index (Phi) is 4.16. The van der Waals surface area contributed by atoms with Crippen LogP contribution in [0.3, 0.4) is 0 Å². The van der Waals surface area contributed by atoms with Gasteiger partial charge in [-0.1, -0.05) is 84.9 Å². The molecule has 0 bridgehead atoms. The fourth-order valence-electron chi connectivity index (χ4n) is 5.19. The van der Waals surface area contributed by atoms with Gasteiger partial charge >= 0.3 is 0 Å². The van der Waals surface area contributed by atoms with E-state index in [0.717, 1.165) is 25.7 Å². The van der Waals surface area contributed by atoms with Crippen molar-refractivity contribution in [2.45, 2.75) is 25.7 Å². The largest absolute Gasteiger partial charge is 0.0622 e. The van der Waals surface area contributed by atoms with Gasteiger partial charge in [-0.3, -0.25) is 0 Å². The molecule has 0 aliphatic heterocycles. The highest BCUT2D eigenvalue weighted by Crippen LogP contribution is 2.45. The van der Waals surface area contributed by atoms with Crippen LogP contribution in [0.5, 0.6) is 0 Å². The maximum Gasteiger partial charge on any atom is -0.0178 e. The van der Waals surface area contributed by atoms with Crippen LogP contribution in [0, 0.1) is 0 Å². The second-order valence-corrected chi connectivity index (χ2v) is 8.43. The van der Waals surface area contributed by atoms with Gasteiger partial charge in [0.1, 0.15) is 0 Å². The number of aryl methyl sites for hydroxylation is 2. The van der Waals surface area contributed by atoms with Crippen molar-refractivity contribution in [3.8, 4) is 22.3 Å². The Balaban J connectivity index is 1.47. The molecule has 0 saturated heterocycles. The second kappa shape index (κ2) is 7.15. The van der Waals surface area contributed by atoms with E-state index in [9.17, 15) is 0 Å². The number of hydrogen-bond acceptors (Lipinski definition) is 0. The van der Waals surface area contributed by atoms with Crippen molar-refractivity contribution in [2.75, 3.05) is 0 Å². The van der Waals surface area contributed by atoms with Gasteiger partial charge in [0, 0.05) is 0 Å². The lowest BCUT2D eigenvalue weighted by molar-refractivity contribution is 1.06. The molecule has 4 aromatic rings. The van der Waals surface area contributed by atoms with Gasteiger partial charge < -0.3 is 0 Å². The molecule has 0 amide bonds. The molecule has 2 aliphatic rings. The lowest BCUT2D eigenvalue weighted by Gasteiger charge is -2.12. The second-order valence-electron chi connectivity index (χ2n) is 8.43. The van der Waals surface area contributed by atoms with Crippen LogP contribution in [-0.4, -0.2) is 0 Å². The normalized spacial score (nSPS) is 17.1. The number of hydrogen-bond donors (Lipinski definition) is 0. The molecule has 0 unspecified atom stereocenters. The zero-order valence-electron chi connectivity index (χ0n) is 17.1. The maximum atomic E-state index is 2.43. The quantitative estimate of drug-likeness (QED) is 0.330. The first-order valence-corrected chi connectivity index (χ1v) is 11.0. The summed E-state index contributed by atoms with van der Waals surface area (Å²) in [5.74, 6) is 0. The molecule has 30 heavy (non-hydrogen) atoms. The molecule has 0 radical (unpaired) electrons. The van der Waals surface area contributed by atoms with Crippen LogP contribution in [-0.2, 0) is 12.8 Å². The summed E-state index contributed by atoms with van der Waals surface area (Å²) >= 11 is 0. The molecule has 0 heterocycles. The lowest BCUT2D eigenvalue weighted by Crippen LogP contribution is -1.89. The third kappa shape index (κ3) is 2.92. The smallest absolute Gasteiger partial charge is 0.0178 e. The van der Waals surface area contributed by atoms with Gasteiger partial charge in [-0.05, 0) is 93.5 Å². The molecule has 144 valence electrons. The van der Waals surface area contributed by atoms with Crippen molar-refractivity contribution in [1.29, 1.82) is 0 Å². The summed E-state index contributed by atoms with van der Waals surface area (Å²) in [7, 11) is 0. The number of allylic oxidation sites excluding steroid dienone is 2. The summed E-state index contributed by atoms with van der Waals surface area (Å²) in [6, 6.07) is 35.6. The van der Waals surface area contributed by atoms with Crippen molar-refractivity contribution in [1.82, 2.24) is 0 Å². The average Bonchev–Trinajstić information content (AvgIpc) is 3.43. The first-order valence-electron chi connectivity index (χ1n) is 11.0. The van der Waals surface area contributed by atoms with Crippen LogP contribution in [0.1, 0.15) is 35.1 Å². The summed E-state index contributed by atoms with van der Waals surface area (Å²) in [4.78, 5) is 0. The van der Waals surface area contributed by atoms with Gasteiger partial charge in [0.25, 0.3) is 0 Å². The molecule has 0 heteroatoms. The third-order valence-corrected chi connectivity index (χ3v) is 6.74. The fraction of sp³-hybridized carbons (Fsp3) is 0.133. The van der Waals surface area contributed by atoms with Crippen LogP contribution in [0.25, 0.3) is 33.4 Å². The van der Waals surface area contributed by atoms with Crippen molar-refractivity contribution in [2.24, 2.45) is 0 Å². The molecule has 0 fully saturated rings. The lowest BCUT2D eigenvalue weighted by atomic mass is 9.93. The van der Waals surface area contributed by atoms with Crippen LogP contribution >= 0.6 is 0 Å². The molecule has 6 rings (SSSR count). The minimum Gasteiger partial charge on any atom is -0.0622 e. The molecule has 0 spiro atoms. The highest BCUT2D eigenvalue weighted by Gasteiger charge is 2.25. The highest BCUT2D eigenvalue weighted by molar-refractivity contribution is 5.97. The summed E-state index contributed by atoms with van der Waals surface area (Å²) in [6.07, 6.45) is 4.66. The van der Waals surface area contributed by atoms with E-state index in [1.807, 2.05) is 0 Å². The highest BCUT2D eigenvalue weighted by atomic mass is 14.3. The van der Waals surface area contributed by atoms with E-state index in [0.29, 0.717) is 0 Å². The Morgan fingerprint density at radius 2 is 0.800 bits per heavy atom. The number of benzene rings is 4. The monoisotopic (exact) mass is 384 g/mol. The molecular formula is C30H24. The Morgan fingerprint density at radius 1 is 0.367 bits per heavy atom. The molecular weight excluding hydrogens is 360 g/mol. The molecule has 2 aliphatic carbocycles. The Hall–Kier alpha value is -3.38. The molecule has 4 aromatic carbocycles. The SMILES string of the molecule is c1ccc(-c2ccc3c(c2)/C(=C2/CCc4ccc(-c5ccccc5)cc42)CC3)cc1. The van der Waals surface area contributed by atoms with E-state index in [1.165, 1.54) is 44.5 Å². The van der Waals surface area contributed by atoms with Gasteiger partial charge in [-0.15, -0.1) is 0 Å². The minimum absolute atomic E-state index is 1.16. The first-order chi connectivity index (χ1) is 14.9. The number of fused-ring (bicyclic) bond motifs is 2. The Labute approximate surface area is 178 Å². The molecule has 0 aromatic heterocycles. The average molecular weight is 385 g/mol. The van der Waals surface area contributed by atoms with Crippen LogP contribution < -0.4 is 0 Å². The molecule has 0 saturated carbocycles. The van der Waals surface area contributed by atoms with E-state index in [2.05, 4.69) is 97.1 Å². The van der Waals surface area contributed by atoms with Crippen LogP contribution in [0.4, 0.5) is 0 Å². The molecule has 0 N–H and O–H groups in total. The number of rotatable bonds is 2. The first kappa shape index (κ1) is 17.5. The van der Waals surface area contributed by atoms with Gasteiger partial charge in [0.15, 0.2) is 0 Å². The van der Waals surface area contributed by atoms with Crippen LogP contribution in [0.15, 0.2) is 97.1 Å². The van der Waals surface area contributed by atoms with E-state index in [-0.39, 0.29) is 0 Å². The zero-order chi connectivity index (χ0) is 19.9. The topological polar surface area (TPSA) is 0 Å². The molecule has 0 atom stereocenters. The third-order valence-electron chi connectivity index (χ3n) is 6.74. The van der Waals surface area contributed by atoms with E-state index in [4.69, 9.17) is 0 Å². The van der Waals surface area contributed by atoms with Gasteiger partial charge in [0.05, 0.1) is 0 Å². The Morgan fingerprint density at radius 3 is 1.23 bits per heavy atom. The maximum absolute atomic E-state index is 2.43. The van der Waals surface area contributed by atoms with Crippen molar-refractivity contribution >= 4 is 11.1 Å². The van der Waals surface area contributed by atoms with Gasteiger partial charge in [-0.25, -0.2) is 0 Å². The standard InChI is InChI=1S/C30H24/c1-3-7-21(8-4-1)25-13-11-23-15-17-27(29(23)19-25)28-18-16-24-12-14-26(20-30(24)28)22-9-5-2-6-10-22/h1-14,19-20H,15-18H2/b28-27-. The van der Waals surface area contributed by atoms with Gasteiger partial charge in [0.2, 0.25) is 0 Å². The van der Waals surface area contributed by atoms with E-state index in [1.54, 1.807) is 11.1 Å². The minimum atomic E-state index is 1.16. The summed E-state index contributed by atoms with van der Waals surface area (Å²) < 4.78 is 0. The Bertz CT molecular complexity index is 1160. The van der Waals surface area contributed by atoms with Crippen molar-refractivity contribution < 1.29 is 0 Å². The van der Waals surface area contributed by atoms with Crippen molar-refractivity contribution in [3.63, 3.8) is 0 Å². The summed E-state index contributed by atoms with van der Waals surface area (Å²) in [5, 5.41) is 0.